The Morgan fingerprint density at radius 1 is 1.07 bits per heavy atom. The van der Waals surface area contributed by atoms with Crippen LogP contribution in [-0.4, -0.2) is 4.98 Å². The quantitative estimate of drug-likeness (QED) is 0.643. The van der Waals surface area contributed by atoms with Crippen molar-refractivity contribution in [2.45, 2.75) is 20.8 Å². The van der Waals surface area contributed by atoms with Gasteiger partial charge in [0.25, 0.3) is 0 Å². The highest BCUT2D eigenvalue weighted by atomic mass is 14.6. The maximum atomic E-state index is 3.96. The number of rotatable bonds is 2. The van der Waals surface area contributed by atoms with Gasteiger partial charge in [0.1, 0.15) is 0 Å². The highest BCUT2D eigenvalue weighted by Crippen LogP contribution is 2.14. The van der Waals surface area contributed by atoms with Crippen molar-refractivity contribution in [3.8, 4) is 0 Å². The van der Waals surface area contributed by atoms with Crippen LogP contribution in [0.5, 0.6) is 0 Å². The molecule has 1 heterocycles. The summed E-state index contributed by atoms with van der Waals surface area (Å²) in [6.07, 6.45) is 12.0. The van der Waals surface area contributed by atoms with Crippen molar-refractivity contribution >= 4 is 6.08 Å². The number of hydrogen-bond acceptors (Lipinski definition) is 1. The molecule has 0 saturated heterocycles. The van der Waals surface area contributed by atoms with E-state index in [-0.39, 0.29) is 5.41 Å². The zero-order valence-corrected chi connectivity index (χ0v) is 9.07. The lowest BCUT2D eigenvalue weighted by atomic mass is 9.96. The van der Waals surface area contributed by atoms with Crippen molar-refractivity contribution in [2.75, 3.05) is 0 Å². The summed E-state index contributed by atoms with van der Waals surface area (Å²) in [5, 5.41) is 0. The fourth-order valence-corrected chi connectivity index (χ4v) is 0.985. The third-order valence-corrected chi connectivity index (χ3v) is 1.70. The molecule has 1 heteroatoms. The van der Waals surface area contributed by atoms with Crippen molar-refractivity contribution in [2.24, 2.45) is 5.41 Å². The van der Waals surface area contributed by atoms with Crippen LogP contribution in [0.3, 0.4) is 0 Å². The largest absolute Gasteiger partial charge is 0.265 e. The van der Waals surface area contributed by atoms with Crippen molar-refractivity contribution in [3.05, 3.63) is 48.3 Å². The molecule has 0 radical (unpaired) electrons. The molecular formula is C13H17N. The third kappa shape index (κ3) is 4.61. The first-order valence-corrected chi connectivity index (χ1v) is 4.84. The van der Waals surface area contributed by atoms with E-state index in [1.165, 1.54) is 5.56 Å². The average Bonchev–Trinajstić information content (AvgIpc) is 2.13. The summed E-state index contributed by atoms with van der Waals surface area (Å²) in [4.78, 5) is 3.96. The van der Waals surface area contributed by atoms with E-state index in [2.05, 4.69) is 50.1 Å². The molecule has 0 spiro atoms. The summed E-state index contributed by atoms with van der Waals surface area (Å²) in [6, 6.07) is 3.98. The van der Waals surface area contributed by atoms with Gasteiger partial charge in [-0.1, -0.05) is 45.1 Å². The second-order valence-corrected chi connectivity index (χ2v) is 4.36. The van der Waals surface area contributed by atoms with E-state index in [0.717, 1.165) is 0 Å². The Morgan fingerprint density at radius 2 is 1.71 bits per heavy atom. The molecule has 0 unspecified atom stereocenters. The van der Waals surface area contributed by atoms with Crippen LogP contribution < -0.4 is 0 Å². The monoisotopic (exact) mass is 187 g/mol. The first kappa shape index (κ1) is 10.7. The first-order valence-electron chi connectivity index (χ1n) is 4.84. The van der Waals surface area contributed by atoms with Gasteiger partial charge in [0.05, 0.1) is 0 Å². The minimum atomic E-state index is 0.253. The minimum Gasteiger partial charge on any atom is -0.265 e. The molecule has 1 aromatic rings. The zero-order valence-electron chi connectivity index (χ0n) is 9.07. The highest BCUT2D eigenvalue weighted by molar-refractivity contribution is 5.49. The van der Waals surface area contributed by atoms with Gasteiger partial charge < -0.3 is 0 Å². The van der Waals surface area contributed by atoms with Crippen LogP contribution >= 0.6 is 0 Å². The van der Waals surface area contributed by atoms with E-state index < -0.39 is 0 Å². The molecule has 1 nitrogen and oxygen atoms in total. The van der Waals surface area contributed by atoms with Crippen LogP contribution in [0.15, 0.2) is 42.8 Å². The average molecular weight is 187 g/mol. The second-order valence-electron chi connectivity index (χ2n) is 4.36. The Labute approximate surface area is 86.2 Å². The Morgan fingerprint density at radius 3 is 2.29 bits per heavy atom. The molecule has 1 rings (SSSR count). The molecule has 0 aliphatic heterocycles. The summed E-state index contributed by atoms with van der Waals surface area (Å²) < 4.78 is 0. The predicted molar refractivity (Wildman–Crippen MR) is 61.9 cm³/mol. The molecule has 0 amide bonds. The maximum Gasteiger partial charge on any atom is 0.0273 e. The van der Waals surface area contributed by atoms with Crippen LogP contribution in [0.4, 0.5) is 0 Å². The lowest BCUT2D eigenvalue weighted by molar-refractivity contribution is 0.544. The van der Waals surface area contributed by atoms with E-state index in [1.807, 2.05) is 12.1 Å². The summed E-state index contributed by atoms with van der Waals surface area (Å²) in [5.41, 5.74) is 1.43. The smallest absolute Gasteiger partial charge is 0.0273 e. The standard InChI is InChI=1S/C13H17N/c1-13(2,3)9-5-4-6-12-7-10-14-11-8-12/h4-11H,1-3H3/b6-4+,9-5+. The van der Waals surface area contributed by atoms with Gasteiger partial charge in [0.15, 0.2) is 0 Å². The summed E-state index contributed by atoms with van der Waals surface area (Å²) in [6.45, 7) is 6.55. The molecule has 0 fully saturated rings. The third-order valence-electron chi connectivity index (χ3n) is 1.70. The number of nitrogens with zero attached hydrogens (tertiary/aromatic N) is 1. The summed E-state index contributed by atoms with van der Waals surface area (Å²) in [7, 11) is 0. The second kappa shape index (κ2) is 4.75. The summed E-state index contributed by atoms with van der Waals surface area (Å²) >= 11 is 0. The van der Waals surface area contributed by atoms with Gasteiger partial charge in [-0.2, -0.15) is 0 Å². The van der Waals surface area contributed by atoms with Gasteiger partial charge in [-0.25, -0.2) is 0 Å². The van der Waals surface area contributed by atoms with Gasteiger partial charge in [-0.3, -0.25) is 4.98 Å². The molecule has 0 N–H and O–H groups in total. The van der Waals surface area contributed by atoms with E-state index in [9.17, 15) is 0 Å². The van der Waals surface area contributed by atoms with Gasteiger partial charge in [-0.05, 0) is 23.1 Å². The van der Waals surface area contributed by atoms with Crippen LogP contribution in [0.2, 0.25) is 0 Å². The molecular weight excluding hydrogens is 170 g/mol. The van der Waals surface area contributed by atoms with E-state index in [1.54, 1.807) is 12.4 Å². The summed E-state index contributed by atoms with van der Waals surface area (Å²) in [5.74, 6) is 0. The van der Waals surface area contributed by atoms with Gasteiger partial charge >= 0.3 is 0 Å². The fourth-order valence-electron chi connectivity index (χ4n) is 0.985. The molecule has 0 aromatic carbocycles. The molecule has 14 heavy (non-hydrogen) atoms. The van der Waals surface area contributed by atoms with Crippen LogP contribution in [0.25, 0.3) is 6.08 Å². The maximum absolute atomic E-state index is 3.96. The van der Waals surface area contributed by atoms with E-state index in [0.29, 0.717) is 0 Å². The van der Waals surface area contributed by atoms with Crippen LogP contribution in [0, 0.1) is 5.41 Å². The topological polar surface area (TPSA) is 12.9 Å². The predicted octanol–water partition coefficient (Wildman–Crippen LogP) is 3.70. The number of hydrogen-bond donors (Lipinski definition) is 0. The molecule has 0 aliphatic carbocycles. The minimum absolute atomic E-state index is 0.253. The molecule has 0 atom stereocenters. The number of pyridine rings is 1. The van der Waals surface area contributed by atoms with Crippen molar-refractivity contribution in [3.63, 3.8) is 0 Å². The van der Waals surface area contributed by atoms with E-state index >= 15 is 0 Å². The van der Waals surface area contributed by atoms with Crippen molar-refractivity contribution < 1.29 is 0 Å². The lowest BCUT2D eigenvalue weighted by Gasteiger charge is -2.09. The molecule has 0 saturated carbocycles. The highest BCUT2D eigenvalue weighted by Gasteiger charge is 2.01. The number of aromatic nitrogens is 1. The van der Waals surface area contributed by atoms with Crippen molar-refractivity contribution in [1.29, 1.82) is 0 Å². The SMILES string of the molecule is CC(C)(C)/C=C/C=C/c1ccncc1. The number of allylic oxidation sites excluding steroid dienone is 3. The Bertz CT molecular complexity index is 315. The molecule has 0 bridgehead atoms. The van der Waals surface area contributed by atoms with Gasteiger partial charge in [0.2, 0.25) is 0 Å². The van der Waals surface area contributed by atoms with Crippen LogP contribution in [0.1, 0.15) is 26.3 Å². The lowest BCUT2D eigenvalue weighted by Crippen LogP contribution is -1.97. The van der Waals surface area contributed by atoms with E-state index in [4.69, 9.17) is 0 Å². The Hall–Kier alpha value is -1.37. The molecule has 1 aromatic heterocycles. The Balaban J connectivity index is 2.54. The van der Waals surface area contributed by atoms with Gasteiger partial charge in [-0.15, -0.1) is 0 Å². The fraction of sp³-hybridized carbons (Fsp3) is 0.308. The van der Waals surface area contributed by atoms with Crippen LogP contribution in [-0.2, 0) is 0 Å². The molecule has 74 valence electrons. The first-order chi connectivity index (χ1) is 6.58. The Kier molecular flexibility index (Phi) is 3.63. The van der Waals surface area contributed by atoms with Crippen molar-refractivity contribution in [1.82, 2.24) is 4.98 Å². The zero-order chi connectivity index (χ0) is 10.4. The van der Waals surface area contributed by atoms with Gasteiger partial charge in [0, 0.05) is 12.4 Å². The normalized spacial score (nSPS) is 12.8. The molecule has 0 aliphatic rings.